The first-order valence-electron chi connectivity index (χ1n) is 8.66. The highest BCUT2D eigenvalue weighted by atomic mass is 32.2. The Morgan fingerprint density at radius 1 is 1.26 bits per heavy atom. The molecule has 0 bridgehead atoms. The summed E-state index contributed by atoms with van der Waals surface area (Å²) >= 11 is 0. The first-order chi connectivity index (χ1) is 12.6. The lowest BCUT2D eigenvalue weighted by Gasteiger charge is -2.30. The minimum absolute atomic E-state index is 0.0296. The van der Waals surface area contributed by atoms with Crippen LogP contribution in [0.3, 0.4) is 0 Å². The van der Waals surface area contributed by atoms with Crippen LogP contribution in [0.25, 0.3) is 0 Å². The van der Waals surface area contributed by atoms with Crippen molar-refractivity contribution in [1.29, 1.82) is 0 Å². The highest BCUT2D eigenvalue weighted by molar-refractivity contribution is 7.91. The Balaban J connectivity index is 2.10. The van der Waals surface area contributed by atoms with Gasteiger partial charge >= 0.3 is 0 Å². The van der Waals surface area contributed by atoms with Crippen molar-refractivity contribution in [3.8, 4) is 5.75 Å². The van der Waals surface area contributed by atoms with Gasteiger partial charge in [-0.05, 0) is 39.7 Å². The number of halogens is 2. The molecule has 1 saturated heterocycles. The molecule has 1 aromatic heterocycles. The van der Waals surface area contributed by atoms with Gasteiger partial charge in [0.15, 0.2) is 11.6 Å². The molecule has 6 nitrogen and oxygen atoms in total. The zero-order chi connectivity index (χ0) is 20.0. The van der Waals surface area contributed by atoms with Gasteiger partial charge in [0, 0.05) is 24.2 Å². The summed E-state index contributed by atoms with van der Waals surface area (Å²) in [7, 11) is -2.43. The second-order valence-electron chi connectivity index (χ2n) is 7.51. The minimum Gasteiger partial charge on any atom is -0.493 e. The number of hydrogen-bond acceptors (Lipinski definition) is 5. The summed E-state index contributed by atoms with van der Waals surface area (Å²) in [5, 5.41) is 4.01. The molecule has 0 spiro atoms. The monoisotopic (exact) mass is 399 g/mol. The van der Waals surface area contributed by atoms with E-state index in [2.05, 4.69) is 5.10 Å². The summed E-state index contributed by atoms with van der Waals surface area (Å²) < 4.78 is 58.9. The SMILES string of the molecule is COc1c(F)cc(F)cc1[C@H]1CCCN1c1ccnn1S(=O)(=O)C(C)(C)C. The molecule has 9 heteroatoms. The van der Waals surface area contributed by atoms with Crippen LogP contribution in [0.5, 0.6) is 5.75 Å². The lowest BCUT2D eigenvalue weighted by Crippen LogP contribution is -2.37. The van der Waals surface area contributed by atoms with Gasteiger partial charge in [0.25, 0.3) is 10.0 Å². The number of methoxy groups -OCH3 is 1. The van der Waals surface area contributed by atoms with E-state index < -0.39 is 32.4 Å². The van der Waals surface area contributed by atoms with Crippen LogP contribution in [0.2, 0.25) is 0 Å². The van der Waals surface area contributed by atoms with Crippen molar-refractivity contribution in [1.82, 2.24) is 9.19 Å². The van der Waals surface area contributed by atoms with Crippen LogP contribution in [-0.4, -0.2) is 36.0 Å². The molecule has 0 saturated carbocycles. The molecule has 0 radical (unpaired) electrons. The van der Waals surface area contributed by atoms with Crippen molar-refractivity contribution < 1.29 is 21.9 Å². The van der Waals surface area contributed by atoms with Crippen LogP contribution in [0.15, 0.2) is 24.4 Å². The zero-order valence-corrected chi connectivity index (χ0v) is 16.6. The third-order valence-corrected chi connectivity index (χ3v) is 7.02. The van der Waals surface area contributed by atoms with Gasteiger partial charge in [0.2, 0.25) is 0 Å². The van der Waals surface area contributed by atoms with Gasteiger partial charge in [-0.1, -0.05) is 0 Å². The van der Waals surface area contributed by atoms with Crippen molar-refractivity contribution in [2.24, 2.45) is 0 Å². The van der Waals surface area contributed by atoms with Crippen LogP contribution < -0.4 is 9.64 Å². The van der Waals surface area contributed by atoms with E-state index in [-0.39, 0.29) is 5.75 Å². The Bertz CT molecular complexity index is 951. The van der Waals surface area contributed by atoms with Crippen LogP contribution in [0, 0.1) is 11.6 Å². The van der Waals surface area contributed by atoms with Crippen LogP contribution in [-0.2, 0) is 10.0 Å². The highest BCUT2D eigenvalue weighted by Crippen LogP contribution is 2.41. The number of benzene rings is 1. The Kier molecular flexibility index (Phi) is 4.92. The normalized spacial score (nSPS) is 18.1. The van der Waals surface area contributed by atoms with E-state index in [1.807, 2.05) is 4.90 Å². The Hall–Kier alpha value is -2.16. The second-order valence-corrected chi connectivity index (χ2v) is 10.0. The van der Waals surface area contributed by atoms with E-state index in [1.165, 1.54) is 19.4 Å². The van der Waals surface area contributed by atoms with Crippen molar-refractivity contribution in [3.05, 3.63) is 41.6 Å². The van der Waals surface area contributed by atoms with E-state index in [4.69, 9.17) is 4.74 Å². The largest absolute Gasteiger partial charge is 0.493 e. The minimum atomic E-state index is -3.75. The molecule has 1 aliphatic heterocycles. The van der Waals surface area contributed by atoms with Crippen LogP contribution in [0.1, 0.15) is 45.2 Å². The van der Waals surface area contributed by atoms with Crippen molar-refractivity contribution in [2.45, 2.75) is 44.4 Å². The van der Waals surface area contributed by atoms with Crippen LogP contribution >= 0.6 is 0 Å². The number of hydrogen-bond donors (Lipinski definition) is 0. The maximum Gasteiger partial charge on any atom is 0.260 e. The molecular formula is C18H23F2N3O3S. The molecule has 0 N–H and O–H groups in total. The zero-order valence-electron chi connectivity index (χ0n) is 15.7. The average Bonchev–Trinajstić information content (AvgIpc) is 3.22. The standard InChI is InChI=1S/C18H23F2N3O3S/c1-18(2,3)27(24,25)23-16(7-8-21-23)22-9-5-6-15(22)13-10-12(19)11-14(20)17(13)26-4/h7-8,10-11,15H,5-6,9H2,1-4H3/t15-/m1/s1. The highest BCUT2D eigenvalue weighted by Gasteiger charge is 2.37. The first kappa shape index (κ1) is 19.6. The van der Waals surface area contributed by atoms with E-state index in [0.29, 0.717) is 24.3 Å². The van der Waals surface area contributed by atoms with Crippen molar-refractivity contribution in [2.75, 3.05) is 18.6 Å². The third-order valence-electron chi connectivity index (χ3n) is 4.74. The molecule has 1 fully saturated rings. The summed E-state index contributed by atoms with van der Waals surface area (Å²) in [5.41, 5.74) is 0.355. The summed E-state index contributed by atoms with van der Waals surface area (Å²) in [5.74, 6) is -1.14. The number of nitrogens with zero attached hydrogens (tertiary/aromatic N) is 3. The quantitative estimate of drug-likeness (QED) is 0.788. The van der Waals surface area contributed by atoms with Gasteiger partial charge in [-0.2, -0.15) is 5.10 Å². The van der Waals surface area contributed by atoms with Gasteiger partial charge in [-0.25, -0.2) is 17.2 Å². The van der Waals surface area contributed by atoms with Gasteiger partial charge in [0.1, 0.15) is 11.6 Å². The summed E-state index contributed by atoms with van der Waals surface area (Å²) in [4.78, 5) is 1.81. The predicted molar refractivity (Wildman–Crippen MR) is 98.5 cm³/mol. The molecule has 1 aliphatic rings. The summed E-state index contributed by atoms with van der Waals surface area (Å²) in [6.45, 7) is 5.33. The van der Waals surface area contributed by atoms with Gasteiger partial charge in [0.05, 0.1) is 24.1 Å². The Labute approximate surface area is 157 Å². The van der Waals surface area contributed by atoms with Gasteiger partial charge in [-0.3, -0.25) is 0 Å². The van der Waals surface area contributed by atoms with E-state index in [9.17, 15) is 17.2 Å². The van der Waals surface area contributed by atoms with E-state index in [0.717, 1.165) is 16.6 Å². The second kappa shape index (κ2) is 6.78. The topological polar surface area (TPSA) is 64.4 Å². The lowest BCUT2D eigenvalue weighted by atomic mass is 10.0. The number of anilines is 1. The number of ether oxygens (including phenoxy) is 1. The molecule has 0 unspecified atom stereocenters. The van der Waals surface area contributed by atoms with Crippen molar-refractivity contribution >= 4 is 15.8 Å². The van der Waals surface area contributed by atoms with Gasteiger partial charge < -0.3 is 9.64 Å². The third kappa shape index (κ3) is 3.28. The molecule has 2 heterocycles. The molecule has 1 aromatic carbocycles. The van der Waals surface area contributed by atoms with E-state index in [1.54, 1.807) is 26.8 Å². The fraction of sp³-hybridized carbons (Fsp3) is 0.500. The Morgan fingerprint density at radius 3 is 2.59 bits per heavy atom. The van der Waals surface area contributed by atoms with Gasteiger partial charge in [-0.15, -0.1) is 4.09 Å². The molecule has 27 heavy (non-hydrogen) atoms. The maximum atomic E-state index is 14.2. The molecular weight excluding hydrogens is 376 g/mol. The molecule has 148 valence electrons. The predicted octanol–water partition coefficient (Wildman–Crippen LogP) is 3.49. The molecule has 1 atom stereocenters. The smallest absolute Gasteiger partial charge is 0.260 e. The molecule has 0 amide bonds. The molecule has 3 rings (SSSR count). The number of rotatable bonds is 4. The summed E-state index contributed by atoms with van der Waals surface area (Å²) in [6.07, 6.45) is 2.77. The lowest BCUT2D eigenvalue weighted by molar-refractivity contribution is 0.374. The molecule has 0 aliphatic carbocycles. The Morgan fingerprint density at radius 2 is 1.96 bits per heavy atom. The summed E-state index contributed by atoms with van der Waals surface area (Å²) in [6, 6.07) is 3.19. The average molecular weight is 399 g/mol. The maximum absolute atomic E-state index is 14.2. The van der Waals surface area contributed by atoms with Crippen LogP contribution in [0.4, 0.5) is 14.6 Å². The fourth-order valence-corrected chi connectivity index (χ4v) is 4.45. The fourth-order valence-electron chi connectivity index (χ4n) is 3.34. The molecule has 2 aromatic rings. The first-order valence-corrected chi connectivity index (χ1v) is 10.1. The van der Waals surface area contributed by atoms with E-state index >= 15 is 0 Å². The number of aromatic nitrogens is 2. The van der Waals surface area contributed by atoms with Crippen molar-refractivity contribution in [3.63, 3.8) is 0 Å².